The first-order valence-electron chi connectivity index (χ1n) is 3.67. The van der Waals surface area contributed by atoms with Gasteiger partial charge in [0.1, 0.15) is 0 Å². The van der Waals surface area contributed by atoms with Crippen molar-refractivity contribution in [3.8, 4) is 0 Å². The fourth-order valence-corrected chi connectivity index (χ4v) is 0.818. The molecule has 0 aliphatic rings. The number of guanidine groups is 1. The maximum absolute atomic E-state index is 5.43. The van der Waals surface area contributed by atoms with Crippen LogP contribution in [0.3, 0.4) is 0 Å². The summed E-state index contributed by atoms with van der Waals surface area (Å²) in [4.78, 5) is 3.76. The zero-order valence-corrected chi connectivity index (χ0v) is 7.28. The van der Waals surface area contributed by atoms with Crippen LogP contribution in [0.5, 0.6) is 0 Å². The predicted octanol–water partition coefficient (Wildman–Crippen LogP) is -0.546. The molecule has 0 fully saturated rings. The third-order valence-electron chi connectivity index (χ3n) is 1.46. The molecule has 5 nitrogen and oxygen atoms in total. The highest BCUT2D eigenvalue weighted by Crippen LogP contribution is 1.91. The first-order valence-corrected chi connectivity index (χ1v) is 3.67. The van der Waals surface area contributed by atoms with Crippen LogP contribution in [0.25, 0.3) is 0 Å². The number of nitrogens with one attached hydrogen (secondary N) is 1. The average molecular weight is 167 g/mol. The molecule has 0 radical (unpaired) electrons. The molecule has 0 saturated carbocycles. The monoisotopic (exact) mass is 167 g/mol. The highest BCUT2D eigenvalue weighted by atomic mass is 15.3. The van der Waals surface area contributed by atoms with Gasteiger partial charge in [-0.25, -0.2) is 0 Å². The van der Waals surface area contributed by atoms with E-state index >= 15 is 0 Å². The van der Waals surface area contributed by atoms with Crippen molar-refractivity contribution in [2.75, 3.05) is 7.05 Å². The molecule has 0 bridgehead atoms. The van der Waals surface area contributed by atoms with E-state index in [4.69, 9.17) is 5.73 Å². The van der Waals surface area contributed by atoms with Crippen LogP contribution < -0.4 is 11.1 Å². The molecule has 1 heterocycles. The van der Waals surface area contributed by atoms with Crippen LogP contribution in [0.15, 0.2) is 17.3 Å². The van der Waals surface area contributed by atoms with Crippen LogP contribution in [0.2, 0.25) is 0 Å². The van der Waals surface area contributed by atoms with Crippen LogP contribution in [-0.4, -0.2) is 22.8 Å². The Balaban J connectivity index is 2.43. The Morgan fingerprint density at radius 1 is 1.83 bits per heavy atom. The third kappa shape index (κ3) is 2.26. The molecule has 3 N–H and O–H groups in total. The van der Waals surface area contributed by atoms with Crippen molar-refractivity contribution >= 4 is 5.96 Å². The number of hydrogen-bond donors (Lipinski definition) is 2. The first kappa shape index (κ1) is 8.58. The lowest BCUT2D eigenvalue weighted by atomic mass is 10.4. The molecule has 0 spiro atoms. The number of hydrogen-bond acceptors (Lipinski definition) is 2. The molecule has 0 aliphatic heterocycles. The van der Waals surface area contributed by atoms with E-state index in [2.05, 4.69) is 15.4 Å². The zero-order valence-electron chi connectivity index (χ0n) is 7.28. The highest BCUT2D eigenvalue weighted by molar-refractivity contribution is 5.77. The third-order valence-corrected chi connectivity index (χ3v) is 1.46. The van der Waals surface area contributed by atoms with Crippen LogP contribution in [-0.2, 0) is 13.6 Å². The second-order valence-corrected chi connectivity index (χ2v) is 2.44. The molecular weight excluding hydrogens is 154 g/mol. The highest BCUT2D eigenvalue weighted by Gasteiger charge is 1.95. The van der Waals surface area contributed by atoms with Gasteiger partial charge in [-0.05, 0) is 6.07 Å². The van der Waals surface area contributed by atoms with E-state index in [1.54, 1.807) is 11.7 Å². The molecule has 0 aromatic carbocycles. The van der Waals surface area contributed by atoms with Gasteiger partial charge in [0.2, 0.25) is 0 Å². The fourth-order valence-electron chi connectivity index (χ4n) is 0.818. The predicted molar refractivity (Wildman–Crippen MR) is 47.6 cm³/mol. The number of aryl methyl sites for hydroxylation is 1. The Morgan fingerprint density at radius 2 is 2.58 bits per heavy atom. The van der Waals surface area contributed by atoms with Crippen molar-refractivity contribution < 1.29 is 0 Å². The van der Waals surface area contributed by atoms with Gasteiger partial charge in [0, 0.05) is 20.3 Å². The number of rotatable bonds is 2. The van der Waals surface area contributed by atoms with Crippen LogP contribution in [0.1, 0.15) is 5.69 Å². The van der Waals surface area contributed by atoms with E-state index in [1.807, 2.05) is 19.3 Å². The van der Waals surface area contributed by atoms with Gasteiger partial charge in [-0.3, -0.25) is 9.67 Å². The lowest BCUT2D eigenvalue weighted by Gasteiger charge is -2.00. The summed E-state index contributed by atoms with van der Waals surface area (Å²) in [6.07, 6.45) is 1.89. The van der Waals surface area contributed by atoms with Gasteiger partial charge in [0.25, 0.3) is 0 Å². The van der Waals surface area contributed by atoms with E-state index in [0.717, 1.165) is 5.69 Å². The Morgan fingerprint density at radius 3 is 3.08 bits per heavy atom. The Hall–Kier alpha value is -1.52. The molecular formula is C7H13N5. The van der Waals surface area contributed by atoms with Crippen molar-refractivity contribution in [3.05, 3.63) is 18.0 Å². The quantitative estimate of drug-likeness (QED) is 0.459. The molecule has 0 aliphatic carbocycles. The van der Waals surface area contributed by atoms with Gasteiger partial charge in [0.05, 0.1) is 12.2 Å². The maximum atomic E-state index is 5.43. The molecule has 0 atom stereocenters. The molecule has 5 heteroatoms. The van der Waals surface area contributed by atoms with E-state index in [9.17, 15) is 0 Å². The first-order chi connectivity index (χ1) is 5.72. The summed E-state index contributed by atoms with van der Waals surface area (Å²) in [7, 11) is 3.52. The molecule has 1 rings (SSSR count). The lowest BCUT2D eigenvalue weighted by molar-refractivity contribution is 0.729. The molecule has 0 unspecified atom stereocenters. The maximum Gasteiger partial charge on any atom is 0.188 e. The molecule has 1 aromatic heterocycles. The minimum absolute atomic E-state index is 0.431. The molecule has 1 aromatic rings. The van der Waals surface area contributed by atoms with Gasteiger partial charge in [0.15, 0.2) is 5.96 Å². The smallest absolute Gasteiger partial charge is 0.188 e. The zero-order chi connectivity index (χ0) is 8.97. The van der Waals surface area contributed by atoms with E-state index in [1.165, 1.54) is 0 Å². The van der Waals surface area contributed by atoms with Gasteiger partial charge in [-0.1, -0.05) is 0 Å². The van der Waals surface area contributed by atoms with Crippen LogP contribution in [0, 0.1) is 0 Å². The van der Waals surface area contributed by atoms with E-state index < -0.39 is 0 Å². The average Bonchev–Trinajstić information content (AvgIpc) is 2.47. The summed E-state index contributed by atoms with van der Waals surface area (Å²) in [6, 6.07) is 1.93. The lowest BCUT2D eigenvalue weighted by Crippen LogP contribution is -2.30. The minimum Gasteiger partial charge on any atom is -0.370 e. The number of nitrogens with two attached hydrogens (primary N) is 1. The molecule has 12 heavy (non-hydrogen) atoms. The number of nitrogens with zero attached hydrogens (tertiary/aromatic N) is 3. The summed E-state index contributed by atoms with van der Waals surface area (Å²) >= 11 is 0. The Labute approximate surface area is 71.3 Å². The largest absolute Gasteiger partial charge is 0.370 e. The van der Waals surface area contributed by atoms with E-state index in [0.29, 0.717) is 12.5 Å². The van der Waals surface area contributed by atoms with Crippen LogP contribution in [0.4, 0.5) is 0 Å². The van der Waals surface area contributed by atoms with E-state index in [-0.39, 0.29) is 0 Å². The summed E-state index contributed by atoms with van der Waals surface area (Å²) in [5.41, 5.74) is 6.38. The summed E-state index contributed by atoms with van der Waals surface area (Å²) < 4.78 is 1.75. The van der Waals surface area contributed by atoms with Crippen molar-refractivity contribution in [2.45, 2.75) is 6.54 Å². The summed E-state index contributed by atoms with van der Waals surface area (Å²) in [6.45, 7) is 0.615. The standard InChI is InChI=1S/C7H13N5/c1-9-7(8)10-5-6-3-4-12(2)11-6/h3-4H,5H2,1-2H3,(H3,8,9,10). The van der Waals surface area contributed by atoms with Gasteiger partial charge in [-0.15, -0.1) is 0 Å². The second kappa shape index (κ2) is 3.75. The normalized spacial score (nSPS) is 11.7. The number of aromatic nitrogens is 2. The van der Waals surface area contributed by atoms with Gasteiger partial charge in [-0.2, -0.15) is 5.10 Å². The minimum atomic E-state index is 0.431. The summed E-state index contributed by atoms with van der Waals surface area (Å²) in [5, 5.41) is 7.07. The van der Waals surface area contributed by atoms with Gasteiger partial charge >= 0.3 is 0 Å². The second-order valence-electron chi connectivity index (χ2n) is 2.44. The van der Waals surface area contributed by atoms with Crippen molar-refractivity contribution in [1.82, 2.24) is 15.1 Å². The Kier molecular flexibility index (Phi) is 2.68. The van der Waals surface area contributed by atoms with Crippen molar-refractivity contribution in [3.63, 3.8) is 0 Å². The van der Waals surface area contributed by atoms with Gasteiger partial charge < -0.3 is 11.1 Å². The number of aliphatic imine (C=N–C) groups is 1. The molecule has 0 amide bonds. The SMILES string of the molecule is CN=C(N)NCc1ccn(C)n1. The fraction of sp³-hybridized carbons (Fsp3) is 0.429. The Bertz CT molecular complexity index is 275. The van der Waals surface area contributed by atoms with Crippen LogP contribution >= 0.6 is 0 Å². The van der Waals surface area contributed by atoms with Crippen molar-refractivity contribution in [1.29, 1.82) is 0 Å². The summed E-state index contributed by atoms with van der Waals surface area (Å²) in [5.74, 6) is 0.431. The molecule has 66 valence electrons. The van der Waals surface area contributed by atoms with Crippen molar-refractivity contribution in [2.24, 2.45) is 17.8 Å². The topological polar surface area (TPSA) is 68.2 Å². The molecule has 0 saturated heterocycles.